The van der Waals surface area contributed by atoms with Crippen molar-refractivity contribution < 1.29 is 9.52 Å². The van der Waals surface area contributed by atoms with E-state index >= 15 is 0 Å². The molecule has 126 valence electrons. The van der Waals surface area contributed by atoms with Crippen molar-refractivity contribution in [2.45, 2.75) is 45.0 Å². The maximum absolute atomic E-state index is 10.4. The van der Waals surface area contributed by atoms with E-state index in [9.17, 15) is 5.11 Å². The Morgan fingerprint density at radius 2 is 2.21 bits per heavy atom. The van der Waals surface area contributed by atoms with Crippen LogP contribution in [-0.2, 0) is 13.1 Å². The molecule has 24 heavy (non-hydrogen) atoms. The highest BCUT2D eigenvalue weighted by Crippen LogP contribution is 2.29. The highest BCUT2D eigenvalue weighted by Gasteiger charge is 2.32. The Morgan fingerprint density at radius 1 is 1.33 bits per heavy atom. The number of aryl methyl sites for hydroxylation is 1. The molecular formula is C19H23N3O2. The monoisotopic (exact) mass is 325 g/mol. The number of hydrogen-bond donors (Lipinski definition) is 2. The summed E-state index contributed by atoms with van der Waals surface area (Å²) >= 11 is 0. The lowest BCUT2D eigenvalue weighted by molar-refractivity contribution is 0.145. The maximum atomic E-state index is 10.4. The molecule has 5 nitrogen and oxygen atoms in total. The van der Waals surface area contributed by atoms with E-state index in [0.29, 0.717) is 5.92 Å². The maximum Gasteiger partial charge on any atom is 0.134 e. The summed E-state index contributed by atoms with van der Waals surface area (Å²) < 4.78 is 7.91. The van der Waals surface area contributed by atoms with E-state index in [0.717, 1.165) is 42.7 Å². The Labute approximate surface area is 141 Å². The largest absolute Gasteiger partial charge is 0.461 e. The molecule has 4 rings (SSSR count). The third-order valence-corrected chi connectivity index (χ3v) is 5.10. The molecule has 0 amide bonds. The fraction of sp³-hybridized carbons (Fsp3) is 0.421. The average Bonchev–Trinajstić information content (AvgIpc) is 3.26. The second kappa shape index (κ2) is 6.42. The summed E-state index contributed by atoms with van der Waals surface area (Å²) in [4.78, 5) is 4.09. The molecule has 0 bridgehead atoms. The summed E-state index contributed by atoms with van der Waals surface area (Å²) in [6.45, 7) is 3.65. The van der Waals surface area contributed by atoms with Gasteiger partial charge in [0.05, 0.1) is 12.4 Å². The van der Waals surface area contributed by atoms with Gasteiger partial charge < -0.3 is 19.4 Å². The van der Waals surface area contributed by atoms with Crippen molar-refractivity contribution in [1.82, 2.24) is 14.9 Å². The number of nitrogens with one attached hydrogen (secondary N) is 1. The van der Waals surface area contributed by atoms with Gasteiger partial charge in [0.15, 0.2) is 0 Å². The van der Waals surface area contributed by atoms with Crippen LogP contribution < -0.4 is 5.32 Å². The first kappa shape index (κ1) is 15.4. The predicted molar refractivity (Wildman–Crippen MR) is 92.5 cm³/mol. The van der Waals surface area contributed by atoms with E-state index in [2.05, 4.69) is 20.9 Å². The molecule has 0 saturated heterocycles. The normalized spacial score (nSPS) is 24.0. The summed E-state index contributed by atoms with van der Waals surface area (Å²) in [5, 5.41) is 15.1. The summed E-state index contributed by atoms with van der Waals surface area (Å²) in [6, 6.07) is 8.25. The molecule has 0 radical (unpaired) electrons. The van der Waals surface area contributed by atoms with Gasteiger partial charge in [0, 0.05) is 42.5 Å². The number of hydrogen-bond acceptors (Lipinski definition) is 4. The van der Waals surface area contributed by atoms with Gasteiger partial charge in [0.25, 0.3) is 0 Å². The molecule has 3 atom stereocenters. The second-order valence-electron chi connectivity index (χ2n) is 6.78. The van der Waals surface area contributed by atoms with Crippen LogP contribution in [0.3, 0.4) is 0 Å². The quantitative estimate of drug-likeness (QED) is 0.757. The Morgan fingerprint density at radius 3 is 3.04 bits per heavy atom. The number of aliphatic hydroxyl groups is 1. The smallest absolute Gasteiger partial charge is 0.134 e. The lowest BCUT2D eigenvalue weighted by atomic mass is 10.1. The molecule has 1 saturated carbocycles. The fourth-order valence-corrected chi connectivity index (χ4v) is 3.85. The minimum Gasteiger partial charge on any atom is -0.461 e. The topological polar surface area (TPSA) is 63.2 Å². The van der Waals surface area contributed by atoms with Crippen molar-refractivity contribution in [2.24, 2.45) is 5.92 Å². The molecule has 0 aliphatic heterocycles. The number of rotatable bonds is 5. The molecule has 2 heterocycles. The third kappa shape index (κ3) is 2.97. The van der Waals surface area contributed by atoms with Crippen LogP contribution in [0.1, 0.15) is 24.2 Å². The number of furan rings is 1. The summed E-state index contributed by atoms with van der Waals surface area (Å²) in [7, 11) is 0. The van der Waals surface area contributed by atoms with Crippen molar-refractivity contribution in [1.29, 1.82) is 0 Å². The number of nitrogens with zero attached hydrogens (tertiary/aromatic N) is 2. The number of aliphatic hydroxyl groups excluding tert-OH is 1. The first-order valence-corrected chi connectivity index (χ1v) is 8.55. The highest BCUT2D eigenvalue weighted by atomic mass is 16.3. The number of para-hydroxylation sites is 1. The van der Waals surface area contributed by atoms with Crippen molar-refractivity contribution >= 4 is 11.0 Å². The van der Waals surface area contributed by atoms with E-state index in [4.69, 9.17) is 4.42 Å². The van der Waals surface area contributed by atoms with Gasteiger partial charge >= 0.3 is 0 Å². The Balaban J connectivity index is 1.41. The first-order valence-electron chi connectivity index (χ1n) is 8.55. The second-order valence-corrected chi connectivity index (χ2v) is 6.78. The van der Waals surface area contributed by atoms with Crippen LogP contribution in [0.2, 0.25) is 0 Å². The van der Waals surface area contributed by atoms with E-state index in [-0.39, 0.29) is 12.1 Å². The molecule has 2 aromatic heterocycles. The zero-order valence-electron chi connectivity index (χ0n) is 13.9. The van der Waals surface area contributed by atoms with Gasteiger partial charge in [-0.05, 0) is 31.7 Å². The minimum atomic E-state index is -0.294. The zero-order valence-corrected chi connectivity index (χ0v) is 13.9. The van der Waals surface area contributed by atoms with E-state index < -0.39 is 0 Å². The fourth-order valence-electron chi connectivity index (χ4n) is 3.85. The minimum absolute atomic E-state index is 0.131. The summed E-state index contributed by atoms with van der Waals surface area (Å²) in [6.07, 6.45) is 7.14. The molecule has 3 aromatic rings. The number of aromatic nitrogens is 2. The Hall–Kier alpha value is -2.11. The van der Waals surface area contributed by atoms with Gasteiger partial charge in [-0.25, -0.2) is 4.98 Å². The summed E-state index contributed by atoms with van der Waals surface area (Å²) in [5.41, 5.74) is 2.12. The van der Waals surface area contributed by atoms with Crippen LogP contribution in [0, 0.1) is 12.8 Å². The zero-order chi connectivity index (χ0) is 16.5. The molecule has 1 aliphatic carbocycles. The van der Waals surface area contributed by atoms with Crippen molar-refractivity contribution in [2.75, 3.05) is 0 Å². The molecule has 1 unspecified atom stereocenters. The standard InChI is InChI=1S/C19H23N3O2/c1-13-16(15-4-2-3-5-19(15)24-13)10-21-17-8-14(9-18(17)23)11-22-7-6-20-12-22/h2-7,12,14,17-18,21,23H,8-11H2,1H3/t14?,17-,18-/m1/s1. The average molecular weight is 325 g/mol. The molecule has 1 aromatic carbocycles. The van der Waals surface area contributed by atoms with Crippen molar-refractivity contribution in [3.05, 3.63) is 54.3 Å². The van der Waals surface area contributed by atoms with E-state index in [1.165, 1.54) is 5.56 Å². The van der Waals surface area contributed by atoms with E-state index in [1.807, 2.05) is 37.6 Å². The number of benzene rings is 1. The first-order chi connectivity index (χ1) is 11.7. The molecule has 1 aliphatic rings. The van der Waals surface area contributed by atoms with Gasteiger partial charge in [0.2, 0.25) is 0 Å². The lowest BCUT2D eigenvalue weighted by Crippen LogP contribution is -2.35. The number of imidazole rings is 1. The van der Waals surface area contributed by atoms with Crippen LogP contribution in [0.4, 0.5) is 0 Å². The SMILES string of the molecule is Cc1oc2ccccc2c1CN[C@@H]1CC(Cn2ccnc2)C[C@H]1O. The molecule has 0 spiro atoms. The Kier molecular flexibility index (Phi) is 4.12. The van der Waals surface area contributed by atoms with Crippen LogP contribution in [0.15, 0.2) is 47.4 Å². The third-order valence-electron chi connectivity index (χ3n) is 5.10. The van der Waals surface area contributed by atoms with Gasteiger partial charge in [-0.15, -0.1) is 0 Å². The molecule has 5 heteroatoms. The van der Waals surface area contributed by atoms with Gasteiger partial charge in [0.1, 0.15) is 11.3 Å². The van der Waals surface area contributed by atoms with Crippen molar-refractivity contribution in [3.8, 4) is 0 Å². The van der Waals surface area contributed by atoms with E-state index in [1.54, 1.807) is 6.20 Å². The van der Waals surface area contributed by atoms with Crippen molar-refractivity contribution in [3.63, 3.8) is 0 Å². The van der Waals surface area contributed by atoms with Crippen LogP contribution in [0.5, 0.6) is 0 Å². The molecule has 2 N–H and O–H groups in total. The van der Waals surface area contributed by atoms with Gasteiger partial charge in [-0.2, -0.15) is 0 Å². The molecular weight excluding hydrogens is 302 g/mol. The van der Waals surface area contributed by atoms with Crippen LogP contribution in [-0.4, -0.2) is 26.8 Å². The number of fused-ring (bicyclic) bond motifs is 1. The highest BCUT2D eigenvalue weighted by molar-refractivity contribution is 5.82. The van der Waals surface area contributed by atoms with Crippen LogP contribution >= 0.6 is 0 Å². The summed E-state index contributed by atoms with van der Waals surface area (Å²) in [5.74, 6) is 1.43. The lowest BCUT2D eigenvalue weighted by Gasteiger charge is -2.16. The predicted octanol–water partition coefficient (Wildman–Crippen LogP) is 2.87. The molecule has 1 fully saturated rings. The van der Waals surface area contributed by atoms with Gasteiger partial charge in [-0.1, -0.05) is 18.2 Å². The Bertz CT molecular complexity index is 809. The van der Waals surface area contributed by atoms with Crippen LogP contribution in [0.25, 0.3) is 11.0 Å². The van der Waals surface area contributed by atoms with Gasteiger partial charge in [-0.3, -0.25) is 0 Å².